The summed E-state index contributed by atoms with van der Waals surface area (Å²) in [5.74, 6) is 0.209. The Hall–Kier alpha value is -2.60. The summed E-state index contributed by atoms with van der Waals surface area (Å²) in [5.41, 5.74) is 1.64. The largest absolute Gasteiger partial charge is 0.280 e. The van der Waals surface area contributed by atoms with Gasteiger partial charge in [-0.1, -0.05) is 49.0 Å². The van der Waals surface area contributed by atoms with Gasteiger partial charge in [-0.3, -0.25) is 14.6 Å². The van der Waals surface area contributed by atoms with E-state index in [9.17, 15) is 9.59 Å². The Morgan fingerprint density at radius 3 is 2.12 bits per heavy atom. The van der Waals surface area contributed by atoms with E-state index in [1.54, 1.807) is 36.3 Å². The monoisotopic (exact) mass is 353 g/mol. The summed E-state index contributed by atoms with van der Waals surface area (Å²) in [6.07, 6.45) is 0.967. The van der Waals surface area contributed by atoms with Crippen molar-refractivity contribution in [3.8, 4) is 0 Å². The van der Waals surface area contributed by atoms with E-state index in [1.807, 2.05) is 30.3 Å². The summed E-state index contributed by atoms with van der Waals surface area (Å²) in [6.45, 7) is 2.08. The first-order valence-electron chi connectivity index (χ1n) is 8.11. The normalized spacial score (nSPS) is 14.0. The number of amides is 2. The SMILES string of the molecule is CCCSC(=Nc1ccccc1)N(C)N1C(=O)c2ccccc2C1=O. The van der Waals surface area contributed by atoms with E-state index in [-0.39, 0.29) is 11.8 Å². The quantitative estimate of drug-likeness (QED) is 0.474. The molecule has 5 nitrogen and oxygen atoms in total. The minimum absolute atomic E-state index is 0.319. The first-order valence-corrected chi connectivity index (χ1v) is 9.10. The average Bonchev–Trinajstić information content (AvgIpc) is 2.90. The lowest BCUT2D eigenvalue weighted by atomic mass is 10.1. The van der Waals surface area contributed by atoms with Crippen LogP contribution in [0.5, 0.6) is 0 Å². The zero-order valence-corrected chi connectivity index (χ0v) is 15.0. The maximum Gasteiger partial charge on any atom is 0.280 e. The predicted molar refractivity (Wildman–Crippen MR) is 101 cm³/mol. The number of rotatable bonds is 4. The molecule has 0 radical (unpaired) electrons. The lowest BCUT2D eigenvalue weighted by Gasteiger charge is -2.28. The number of aliphatic imine (C=N–C) groups is 1. The number of hydrazine groups is 1. The number of thioether (sulfide) groups is 1. The van der Waals surface area contributed by atoms with E-state index in [0.717, 1.165) is 22.9 Å². The summed E-state index contributed by atoms with van der Waals surface area (Å²) in [4.78, 5) is 30.0. The van der Waals surface area contributed by atoms with Gasteiger partial charge in [0.15, 0.2) is 5.17 Å². The average molecular weight is 353 g/mol. The van der Waals surface area contributed by atoms with Crippen LogP contribution in [0.2, 0.25) is 0 Å². The molecule has 2 aromatic carbocycles. The van der Waals surface area contributed by atoms with Crippen LogP contribution in [0.25, 0.3) is 0 Å². The van der Waals surface area contributed by atoms with Crippen LogP contribution in [-0.4, -0.2) is 39.8 Å². The molecule has 1 aliphatic rings. The number of benzene rings is 2. The number of fused-ring (bicyclic) bond motifs is 1. The summed E-state index contributed by atoms with van der Waals surface area (Å²) in [5, 5.41) is 3.33. The van der Waals surface area contributed by atoms with Gasteiger partial charge in [0.2, 0.25) is 0 Å². The third kappa shape index (κ3) is 3.44. The summed E-state index contributed by atoms with van der Waals surface area (Å²) in [7, 11) is 1.70. The molecule has 3 rings (SSSR count). The molecule has 0 bridgehead atoms. The van der Waals surface area contributed by atoms with Gasteiger partial charge in [0.25, 0.3) is 11.8 Å². The molecule has 0 aromatic heterocycles. The molecule has 1 aliphatic heterocycles. The molecule has 0 spiro atoms. The molecule has 0 fully saturated rings. The third-order valence-corrected chi connectivity index (χ3v) is 4.99. The first-order chi connectivity index (χ1) is 12.1. The topological polar surface area (TPSA) is 53.0 Å². The number of hydrogen-bond acceptors (Lipinski definition) is 4. The van der Waals surface area contributed by atoms with Crippen molar-refractivity contribution >= 4 is 34.4 Å². The molecule has 2 aromatic rings. The minimum Gasteiger partial charge on any atom is -0.267 e. The molecule has 25 heavy (non-hydrogen) atoms. The molecular weight excluding hydrogens is 334 g/mol. The van der Waals surface area contributed by atoms with Crippen LogP contribution in [0.3, 0.4) is 0 Å². The molecule has 128 valence electrons. The van der Waals surface area contributed by atoms with Gasteiger partial charge in [-0.25, -0.2) is 4.99 Å². The zero-order valence-electron chi connectivity index (χ0n) is 14.2. The van der Waals surface area contributed by atoms with Crippen LogP contribution in [0, 0.1) is 0 Å². The van der Waals surface area contributed by atoms with Crippen LogP contribution in [0.4, 0.5) is 5.69 Å². The number of carbonyl (C=O) groups is 2. The Kier molecular flexibility index (Phi) is 5.19. The van der Waals surface area contributed by atoms with Crippen molar-refractivity contribution in [3.63, 3.8) is 0 Å². The number of imide groups is 1. The molecule has 6 heteroatoms. The van der Waals surface area contributed by atoms with Crippen molar-refractivity contribution < 1.29 is 9.59 Å². The molecule has 0 saturated heterocycles. The van der Waals surface area contributed by atoms with E-state index < -0.39 is 0 Å². The van der Waals surface area contributed by atoms with Crippen molar-refractivity contribution in [1.29, 1.82) is 0 Å². The fraction of sp³-hybridized carbons (Fsp3) is 0.211. The number of para-hydroxylation sites is 1. The lowest BCUT2D eigenvalue weighted by molar-refractivity contribution is 0.0369. The molecular formula is C19H19N3O2S. The zero-order chi connectivity index (χ0) is 17.8. The van der Waals surface area contributed by atoms with Crippen LogP contribution in [0.1, 0.15) is 34.1 Å². The van der Waals surface area contributed by atoms with Gasteiger partial charge in [0, 0.05) is 12.8 Å². The van der Waals surface area contributed by atoms with E-state index in [1.165, 1.54) is 11.8 Å². The fourth-order valence-corrected chi connectivity index (χ4v) is 3.36. The van der Waals surface area contributed by atoms with Crippen LogP contribution < -0.4 is 0 Å². The summed E-state index contributed by atoms with van der Waals surface area (Å²) >= 11 is 1.52. The first kappa shape index (κ1) is 17.2. The van der Waals surface area contributed by atoms with Crippen molar-refractivity contribution in [2.75, 3.05) is 12.8 Å². The Balaban J connectivity index is 1.93. The van der Waals surface area contributed by atoms with Crippen molar-refractivity contribution in [1.82, 2.24) is 10.0 Å². The van der Waals surface area contributed by atoms with Gasteiger partial charge in [0.1, 0.15) is 0 Å². The van der Waals surface area contributed by atoms with Crippen LogP contribution in [0.15, 0.2) is 59.6 Å². The number of carbonyl (C=O) groups excluding carboxylic acids is 2. The third-order valence-electron chi connectivity index (χ3n) is 3.77. The molecule has 0 saturated carbocycles. The number of nitrogens with zero attached hydrogens (tertiary/aromatic N) is 3. The van der Waals surface area contributed by atoms with Gasteiger partial charge in [-0.15, -0.1) is 0 Å². The predicted octanol–water partition coefficient (Wildman–Crippen LogP) is 3.96. The highest BCUT2D eigenvalue weighted by Gasteiger charge is 2.39. The van der Waals surface area contributed by atoms with Crippen LogP contribution in [-0.2, 0) is 0 Å². The van der Waals surface area contributed by atoms with Crippen LogP contribution >= 0.6 is 11.8 Å². The van der Waals surface area contributed by atoms with Gasteiger partial charge >= 0.3 is 0 Å². The highest BCUT2D eigenvalue weighted by atomic mass is 32.2. The Morgan fingerprint density at radius 2 is 1.56 bits per heavy atom. The maximum atomic E-state index is 12.7. The van der Waals surface area contributed by atoms with Gasteiger partial charge in [0.05, 0.1) is 16.8 Å². The van der Waals surface area contributed by atoms with Gasteiger partial charge < -0.3 is 0 Å². The number of hydrogen-bond donors (Lipinski definition) is 0. The molecule has 0 atom stereocenters. The van der Waals surface area contributed by atoms with Gasteiger partial charge in [-0.2, -0.15) is 5.01 Å². The molecule has 0 N–H and O–H groups in total. The van der Waals surface area contributed by atoms with Crippen molar-refractivity contribution in [2.24, 2.45) is 4.99 Å². The summed E-state index contributed by atoms with van der Waals surface area (Å²) < 4.78 is 0. The van der Waals surface area contributed by atoms with Crippen molar-refractivity contribution in [3.05, 3.63) is 65.7 Å². The second kappa shape index (κ2) is 7.53. The highest BCUT2D eigenvalue weighted by molar-refractivity contribution is 8.13. The standard InChI is InChI=1S/C19H19N3O2S/c1-3-13-25-19(20-14-9-5-4-6-10-14)21(2)22-17(23)15-11-7-8-12-16(15)18(22)24/h4-12H,3,13H2,1-2H3. The molecule has 0 aliphatic carbocycles. The summed E-state index contributed by atoms with van der Waals surface area (Å²) in [6, 6.07) is 16.4. The maximum absolute atomic E-state index is 12.7. The van der Waals surface area contributed by atoms with E-state index in [0.29, 0.717) is 16.3 Å². The lowest BCUT2D eigenvalue weighted by Crippen LogP contribution is -2.46. The Bertz CT molecular complexity index is 785. The van der Waals surface area contributed by atoms with Crippen molar-refractivity contribution in [2.45, 2.75) is 13.3 Å². The number of amidine groups is 1. The Morgan fingerprint density at radius 1 is 1.00 bits per heavy atom. The van der Waals surface area contributed by atoms with E-state index in [4.69, 9.17) is 0 Å². The molecule has 2 amide bonds. The fourth-order valence-electron chi connectivity index (χ4n) is 2.54. The molecule has 0 unspecified atom stereocenters. The van der Waals surface area contributed by atoms with E-state index in [2.05, 4.69) is 11.9 Å². The van der Waals surface area contributed by atoms with E-state index >= 15 is 0 Å². The highest BCUT2D eigenvalue weighted by Crippen LogP contribution is 2.26. The van der Waals surface area contributed by atoms with Gasteiger partial charge in [-0.05, 0) is 30.7 Å². The second-order valence-electron chi connectivity index (χ2n) is 5.57. The molecule has 1 heterocycles. The minimum atomic E-state index is -0.319. The smallest absolute Gasteiger partial charge is 0.267 e. The Labute approximate surface area is 151 Å². The second-order valence-corrected chi connectivity index (χ2v) is 6.63.